The maximum atomic E-state index is 5.63. The molecule has 0 atom stereocenters. The summed E-state index contributed by atoms with van der Waals surface area (Å²) in [7, 11) is 0. The molecule has 0 unspecified atom stereocenters. The molecule has 0 aliphatic carbocycles. The van der Waals surface area contributed by atoms with E-state index in [0.29, 0.717) is 0 Å². The number of aromatic nitrogens is 1. The second-order valence-electron chi connectivity index (χ2n) is 4.45. The fourth-order valence-corrected chi connectivity index (χ4v) is 2.43. The van der Waals surface area contributed by atoms with Crippen molar-refractivity contribution in [2.45, 2.75) is 26.2 Å². The minimum atomic E-state index is 0.952. The third-order valence-corrected chi connectivity index (χ3v) is 3.20. The summed E-state index contributed by atoms with van der Waals surface area (Å²) in [5, 5.41) is 1.15. The normalized spacial score (nSPS) is 16.9. The number of piperidine rings is 1. The van der Waals surface area contributed by atoms with Crippen LogP contribution in [0.4, 0.5) is 5.82 Å². The number of hydrogen-bond donors (Lipinski definition) is 0. The van der Waals surface area contributed by atoms with Crippen LogP contribution in [-0.4, -0.2) is 18.1 Å². The monoisotopic (exact) mass is 216 g/mol. The van der Waals surface area contributed by atoms with E-state index in [4.69, 9.17) is 4.42 Å². The van der Waals surface area contributed by atoms with Gasteiger partial charge in [-0.05, 0) is 38.3 Å². The van der Waals surface area contributed by atoms with E-state index in [-0.39, 0.29) is 0 Å². The molecule has 2 aromatic heterocycles. The molecule has 1 aliphatic rings. The third kappa shape index (κ3) is 1.56. The van der Waals surface area contributed by atoms with Crippen molar-refractivity contribution in [3.05, 3.63) is 24.1 Å². The highest BCUT2D eigenvalue weighted by molar-refractivity contribution is 5.89. The lowest BCUT2D eigenvalue weighted by atomic mass is 10.1. The van der Waals surface area contributed by atoms with Gasteiger partial charge in [-0.3, -0.25) is 0 Å². The highest BCUT2D eigenvalue weighted by Crippen LogP contribution is 2.28. The Morgan fingerprint density at radius 2 is 2.06 bits per heavy atom. The van der Waals surface area contributed by atoms with E-state index >= 15 is 0 Å². The van der Waals surface area contributed by atoms with E-state index in [1.807, 2.05) is 19.2 Å². The highest BCUT2D eigenvalue weighted by Gasteiger charge is 2.16. The van der Waals surface area contributed by atoms with Crippen LogP contribution in [0.1, 0.15) is 25.0 Å². The predicted molar refractivity (Wildman–Crippen MR) is 64.8 cm³/mol. The number of fused-ring (bicyclic) bond motifs is 1. The molecule has 2 aromatic rings. The Hall–Kier alpha value is -1.51. The Morgan fingerprint density at radius 1 is 1.25 bits per heavy atom. The summed E-state index contributed by atoms with van der Waals surface area (Å²) in [5.41, 5.74) is 0.952. The predicted octanol–water partition coefficient (Wildman–Crippen LogP) is 3.13. The van der Waals surface area contributed by atoms with Crippen LogP contribution in [0, 0.1) is 6.92 Å². The lowest BCUT2D eigenvalue weighted by molar-refractivity contribution is 0.572. The topological polar surface area (TPSA) is 29.3 Å². The smallest absolute Gasteiger partial charge is 0.139 e. The van der Waals surface area contributed by atoms with Gasteiger partial charge in [0.15, 0.2) is 0 Å². The first kappa shape index (κ1) is 9.70. The van der Waals surface area contributed by atoms with Crippen LogP contribution in [0.15, 0.2) is 22.7 Å². The van der Waals surface area contributed by atoms with Gasteiger partial charge in [-0.25, -0.2) is 4.98 Å². The minimum Gasteiger partial charge on any atom is -0.461 e. The SMILES string of the molecule is Cc1cc2c(N3CCCCC3)nccc2o1. The summed E-state index contributed by atoms with van der Waals surface area (Å²) in [6.07, 6.45) is 5.73. The van der Waals surface area contributed by atoms with Crippen molar-refractivity contribution in [3.8, 4) is 0 Å². The van der Waals surface area contributed by atoms with E-state index in [2.05, 4.69) is 16.0 Å². The Balaban J connectivity index is 2.07. The Kier molecular flexibility index (Phi) is 2.31. The van der Waals surface area contributed by atoms with Gasteiger partial charge in [-0.15, -0.1) is 0 Å². The average molecular weight is 216 g/mol. The number of anilines is 1. The lowest BCUT2D eigenvalue weighted by Crippen LogP contribution is -2.30. The van der Waals surface area contributed by atoms with Gasteiger partial charge in [0.05, 0.1) is 5.39 Å². The number of rotatable bonds is 1. The summed E-state index contributed by atoms with van der Waals surface area (Å²) >= 11 is 0. The Bertz CT molecular complexity index is 498. The molecule has 0 saturated carbocycles. The highest BCUT2D eigenvalue weighted by atomic mass is 16.3. The van der Waals surface area contributed by atoms with Gasteiger partial charge < -0.3 is 9.32 Å². The number of hydrogen-bond acceptors (Lipinski definition) is 3. The van der Waals surface area contributed by atoms with E-state index < -0.39 is 0 Å². The van der Waals surface area contributed by atoms with Crippen molar-refractivity contribution in [2.75, 3.05) is 18.0 Å². The number of pyridine rings is 1. The van der Waals surface area contributed by atoms with E-state index in [0.717, 1.165) is 35.6 Å². The molecule has 0 bridgehead atoms. The second kappa shape index (κ2) is 3.81. The summed E-state index contributed by atoms with van der Waals surface area (Å²) < 4.78 is 5.63. The van der Waals surface area contributed by atoms with E-state index in [9.17, 15) is 0 Å². The number of aryl methyl sites for hydroxylation is 1. The van der Waals surface area contributed by atoms with Gasteiger partial charge in [-0.2, -0.15) is 0 Å². The molecule has 1 saturated heterocycles. The second-order valence-corrected chi connectivity index (χ2v) is 4.45. The lowest BCUT2D eigenvalue weighted by Gasteiger charge is -2.27. The van der Waals surface area contributed by atoms with Crippen molar-refractivity contribution >= 4 is 16.8 Å². The standard InChI is InChI=1S/C13H16N2O/c1-10-9-11-12(16-10)5-6-14-13(11)15-7-3-2-4-8-15/h5-6,9H,2-4,7-8H2,1H3. The van der Waals surface area contributed by atoms with Crippen molar-refractivity contribution in [3.63, 3.8) is 0 Å². The average Bonchev–Trinajstić information content (AvgIpc) is 2.70. The number of nitrogens with zero attached hydrogens (tertiary/aromatic N) is 2. The van der Waals surface area contributed by atoms with Gasteiger partial charge >= 0.3 is 0 Å². The van der Waals surface area contributed by atoms with Gasteiger partial charge in [-0.1, -0.05) is 0 Å². The van der Waals surface area contributed by atoms with Gasteiger partial charge in [0.2, 0.25) is 0 Å². The Morgan fingerprint density at radius 3 is 2.88 bits per heavy atom. The minimum absolute atomic E-state index is 0.952. The van der Waals surface area contributed by atoms with Crippen LogP contribution in [-0.2, 0) is 0 Å². The van der Waals surface area contributed by atoms with Gasteiger partial charge in [0, 0.05) is 19.3 Å². The molecule has 0 N–H and O–H groups in total. The molecule has 0 spiro atoms. The fourth-order valence-electron chi connectivity index (χ4n) is 2.43. The molecule has 0 aromatic carbocycles. The first-order valence-corrected chi connectivity index (χ1v) is 5.95. The van der Waals surface area contributed by atoms with Crippen LogP contribution in [0.2, 0.25) is 0 Å². The summed E-state index contributed by atoms with van der Waals surface area (Å²) in [4.78, 5) is 6.89. The largest absolute Gasteiger partial charge is 0.461 e. The molecular weight excluding hydrogens is 200 g/mol. The molecule has 0 amide bonds. The molecule has 84 valence electrons. The maximum absolute atomic E-state index is 5.63. The van der Waals surface area contributed by atoms with Crippen LogP contribution in [0.3, 0.4) is 0 Å². The summed E-state index contributed by atoms with van der Waals surface area (Å²) in [5.74, 6) is 2.05. The number of furan rings is 1. The first-order valence-electron chi connectivity index (χ1n) is 5.95. The molecule has 3 nitrogen and oxygen atoms in total. The van der Waals surface area contributed by atoms with Crippen LogP contribution in [0.5, 0.6) is 0 Å². The molecule has 3 rings (SSSR count). The van der Waals surface area contributed by atoms with Gasteiger partial charge in [0.1, 0.15) is 17.2 Å². The van der Waals surface area contributed by atoms with Crippen LogP contribution in [0.25, 0.3) is 11.0 Å². The summed E-state index contributed by atoms with van der Waals surface area (Å²) in [6, 6.07) is 4.03. The van der Waals surface area contributed by atoms with Crippen molar-refractivity contribution < 1.29 is 4.42 Å². The first-order chi connectivity index (χ1) is 7.84. The molecule has 1 aliphatic heterocycles. The maximum Gasteiger partial charge on any atom is 0.139 e. The van der Waals surface area contributed by atoms with Crippen LogP contribution < -0.4 is 4.90 Å². The molecule has 1 fully saturated rings. The van der Waals surface area contributed by atoms with Crippen molar-refractivity contribution in [1.29, 1.82) is 0 Å². The summed E-state index contributed by atoms with van der Waals surface area (Å²) in [6.45, 7) is 4.23. The van der Waals surface area contributed by atoms with Crippen molar-refractivity contribution in [1.82, 2.24) is 4.98 Å². The van der Waals surface area contributed by atoms with Crippen molar-refractivity contribution in [2.24, 2.45) is 0 Å². The quantitative estimate of drug-likeness (QED) is 0.733. The van der Waals surface area contributed by atoms with Gasteiger partial charge in [0.25, 0.3) is 0 Å². The van der Waals surface area contributed by atoms with Crippen LogP contribution >= 0.6 is 0 Å². The zero-order valence-electron chi connectivity index (χ0n) is 9.57. The zero-order valence-corrected chi connectivity index (χ0v) is 9.57. The van der Waals surface area contributed by atoms with E-state index in [1.54, 1.807) is 0 Å². The Labute approximate surface area is 95.1 Å². The molecule has 0 radical (unpaired) electrons. The van der Waals surface area contributed by atoms with E-state index in [1.165, 1.54) is 19.3 Å². The molecule has 16 heavy (non-hydrogen) atoms. The molecule has 3 heterocycles. The third-order valence-electron chi connectivity index (χ3n) is 3.20. The molecule has 3 heteroatoms. The fraction of sp³-hybridized carbons (Fsp3) is 0.462. The molecular formula is C13H16N2O. The zero-order chi connectivity index (χ0) is 11.0.